The number of aromatic nitrogens is 1. The first-order chi connectivity index (χ1) is 16.6. The summed E-state index contributed by atoms with van der Waals surface area (Å²) in [5.41, 5.74) is 2.36. The van der Waals surface area contributed by atoms with E-state index in [1.807, 2.05) is 6.20 Å². The Kier molecular flexibility index (Phi) is 7.84. The van der Waals surface area contributed by atoms with Gasteiger partial charge in [0.2, 0.25) is 0 Å². The van der Waals surface area contributed by atoms with Gasteiger partial charge in [0.25, 0.3) is 0 Å². The third kappa shape index (κ3) is 6.63. The number of nitrogens with zero attached hydrogens (tertiary/aromatic N) is 2. The summed E-state index contributed by atoms with van der Waals surface area (Å²) >= 11 is 0. The van der Waals surface area contributed by atoms with Gasteiger partial charge in [0, 0.05) is 35.9 Å². The number of likely N-dealkylation sites (tertiary alicyclic amines) is 1. The summed E-state index contributed by atoms with van der Waals surface area (Å²) < 4.78 is 39.5. The number of benzene rings is 1. The van der Waals surface area contributed by atoms with Crippen LogP contribution in [0.15, 0.2) is 42.6 Å². The summed E-state index contributed by atoms with van der Waals surface area (Å²) in [6.07, 6.45) is 3.13. The molecule has 1 aliphatic heterocycles. The number of alkyl halides is 3. The van der Waals surface area contributed by atoms with Crippen LogP contribution in [0.3, 0.4) is 0 Å². The van der Waals surface area contributed by atoms with E-state index < -0.39 is 17.7 Å². The van der Waals surface area contributed by atoms with E-state index in [1.165, 1.54) is 12.8 Å². The maximum Gasteiger partial charge on any atom is 0.416 e. The van der Waals surface area contributed by atoms with E-state index in [4.69, 9.17) is 4.98 Å². The van der Waals surface area contributed by atoms with Gasteiger partial charge in [-0.2, -0.15) is 13.2 Å². The number of piperidine rings is 1. The van der Waals surface area contributed by atoms with Crippen molar-refractivity contribution in [3.8, 4) is 0 Å². The molecule has 190 valence electrons. The average molecular weight is 488 g/mol. The van der Waals surface area contributed by atoms with Crippen LogP contribution < -0.4 is 5.11 Å². The molecule has 0 amide bonds. The zero-order valence-corrected chi connectivity index (χ0v) is 20.4. The lowest BCUT2D eigenvalue weighted by molar-refractivity contribution is -0.307. The van der Waals surface area contributed by atoms with Crippen molar-refractivity contribution in [2.24, 2.45) is 11.8 Å². The van der Waals surface area contributed by atoms with Crippen LogP contribution in [0.25, 0.3) is 0 Å². The lowest BCUT2D eigenvalue weighted by atomic mass is 9.82. The molecule has 1 aromatic carbocycles. The summed E-state index contributed by atoms with van der Waals surface area (Å²) in [7, 11) is 0. The van der Waals surface area contributed by atoms with E-state index in [0.717, 1.165) is 48.2 Å². The fourth-order valence-corrected chi connectivity index (χ4v) is 5.32. The number of carboxylic acid groups (broad SMARTS) is 1. The minimum Gasteiger partial charge on any atom is -0.550 e. The molecule has 35 heavy (non-hydrogen) atoms. The highest BCUT2D eigenvalue weighted by atomic mass is 19.4. The standard InChI is InChI=1S/C28H35F3N2O2/c1-18(2)3-12-25(22-8-11-24(32-17-22)20-4-5-20)33-14-13-19(16-27(34)35)15-26(33)21-6-9-23(10-7-21)28(29,30)31/h6-11,17-20,25-26H,3-5,12-16H2,1-2H3,(H,34,35)/p-1/t19-,25-,26+/m1/s1. The Hall–Kier alpha value is -2.41. The topological polar surface area (TPSA) is 56.3 Å². The second kappa shape index (κ2) is 10.7. The Morgan fingerprint density at radius 3 is 2.34 bits per heavy atom. The van der Waals surface area contributed by atoms with E-state index in [-0.39, 0.29) is 24.4 Å². The molecule has 4 nitrogen and oxygen atoms in total. The number of rotatable bonds is 9. The Morgan fingerprint density at radius 1 is 1.09 bits per heavy atom. The third-order valence-electron chi connectivity index (χ3n) is 7.44. The van der Waals surface area contributed by atoms with Crippen molar-refractivity contribution in [1.82, 2.24) is 9.88 Å². The van der Waals surface area contributed by atoms with Gasteiger partial charge in [-0.15, -0.1) is 0 Å². The second-order valence-corrected chi connectivity index (χ2v) is 10.6. The van der Waals surface area contributed by atoms with E-state index in [2.05, 4.69) is 30.9 Å². The van der Waals surface area contributed by atoms with Crippen LogP contribution in [0.2, 0.25) is 0 Å². The number of hydrogen-bond donors (Lipinski definition) is 0. The van der Waals surface area contributed by atoms with E-state index >= 15 is 0 Å². The van der Waals surface area contributed by atoms with Crippen molar-refractivity contribution in [2.45, 2.75) is 83.0 Å². The fourth-order valence-electron chi connectivity index (χ4n) is 5.32. The molecule has 1 saturated carbocycles. The summed E-state index contributed by atoms with van der Waals surface area (Å²) in [6.45, 7) is 5.05. The largest absolute Gasteiger partial charge is 0.550 e. The van der Waals surface area contributed by atoms with E-state index in [9.17, 15) is 23.1 Å². The number of carbonyl (C=O) groups excluding carboxylic acids is 1. The van der Waals surface area contributed by atoms with Crippen molar-refractivity contribution >= 4 is 5.97 Å². The number of halogens is 3. The molecule has 0 N–H and O–H groups in total. The van der Waals surface area contributed by atoms with Gasteiger partial charge < -0.3 is 9.90 Å². The van der Waals surface area contributed by atoms with Crippen molar-refractivity contribution in [3.63, 3.8) is 0 Å². The van der Waals surface area contributed by atoms with Gasteiger partial charge >= 0.3 is 6.18 Å². The number of aliphatic carboxylic acids is 1. The smallest absolute Gasteiger partial charge is 0.416 e. The molecule has 2 aromatic rings. The van der Waals surface area contributed by atoms with Crippen molar-refractivity contribution < 1.29 is 23.1 Å². The molecule has 1 aromatic heterocycles. The maximum absolute atomic E-state index is 13.2. The molecule has 0 bridgehead atoms. The Bertz CT molecular complexity index is 985. The highest BCUT2D eigenvalue weighted by Crippen LogP contribution is 2.44. The van der Waals surface area contributed by atoms with E-state index in [0.29, 0.717) is 24.8 Å². The predicted octanol–water partition coefficient (Wildman–Crippen LogP) is 6.05. The lowest BCUT2D eigenvalue weighted by Crippen LogP contribution is -2.41. The molecule has 0 spiro atoms. The van der Waals surface area contributed by atoms with Gasteiger partial charge in [0.15, 0.2) is 0 Å². The quantitative estimate of drug-likeness (QED) is 0.432. The molecule has 2 fully saturated rings. The molecular weight excluding hydrogens is 453 g/mol. The highest BCUT2D eigenvalue weighted by molar-refractivity contribution is 5.64. The molecule has 1 aliphatic carbocycles. The van der Waals surface area contributed by atoms with Gasteiger partial charge in [0.05, 0.1) is 5.56 Å². The van der Waals surface area contributed by atoms with Crippen LogP contribution >= 0.6 is 0 Å². The first-order valence-corrected chi connectivity index (χ1v) is 12.7. The van der Waals surface area contributed by atoms with Crippen LogP contribution in [-0.4, -0.2) is 22.4 Å². The molecule has 2 heterocycles. The molecule has 7 heteroatoms. The number of hydrogen-bond acceptors (Lipinski definition) is 4. The van der Waals surface area contributed by atoms with Crippen molar-refractivity contribution in [1.29, 1.82) is 0 Å². The summed E-state index contributed by atoms with van der Waals surface area (Å²) in [5, 5.41) is 11.3. The number of carboxylic acids is 1. The minimum atomic E-state index is -4.39. The van der Waals surface area contributed by atoms with Gasteiger partial charge in [-0.05, 0) is 92.7 Å². The van der Waals surface area contributed by atoms with Crippen molar-refractivity contribution in [3.05, 3.63) is 65.0 Å². The fraction of sp³-hybridized carbons (Fsp3) is 0.571. The monoisotopic (exact) mass is 487 g/mol. The molecule has 2 aliphatic rings. The zero-order valence-electron chi connectivity index (χ0n) is 20.4. The summed E-state index contributed by atoms with van der Waals surface area (Å²) in [6, 6.07) is 9.53. The maximum atomic E-state index is 13.2. The molecule has 4 rings (SSSR count). The van der Waals surface area contributed by atoms with Gasteiger partial charge in [0.1, 0.15) is 0 Å². The molecule has 3 atom stereocenters. The molecular formula is C28H34F3N2O2-. The van der Waals surface area contributed by atoms with Crippen LogP contribution in [0.1, 0.15) is 99.2 Å². The van der Waals surface area contributed by atoms with Crippen LogP contribution in [0, 0.1) is 11.8 Å². The highest BCUT2D eigenvalue weighted by Gasteiger charge is 2.36. The molecule has 0 unspecified atom stereocenters. The second-order valence-electron chi connectivity index (χ2n) is 10.6. The molecule has 1 saturated heterocycles. The Morgan fingerprint density at radius 2 is 1.80 bits per heavy atom. The van der Waals surface area contributed by atoms with Crippen LogP contribution in [-0.2, 0) is 11.0 Å². The van der Waals surface area contributed by atoms with E-state index in [1.54, 1.807) is 12.1 Å². The summed E-state index contributed by atoms with van der Waals surface area (Å²) in [5.74, 6) is -0.0646. The van der Waals surface area contributed by atoms with Crippen LogP contribution in [0.4, 0.5) is 13.2 Å². The van der Waals surface area contributed by atoms with Gasteiger partial charge in [-0.1, -0.05) is 32.0 Å². The lowest BCUT2D eigenvalue weighted by Gasteiger charge is -2.45. The minimum absolute atomic E-state index is 0.0285. The average Bonchev–Trinajstić information content (AvgIpc) is 3.65. The Balaban J connectivity index is 1.65. The third-order valence-corrected chi connectivity index (χ3v) is 7.44. The summed E-state index contributed by atoms with van der Waals surface area (Å²) in [4.78, 5) is 18.4. The van der Waals surface area contributed by atoms with Crippen LogP contribution in [0.5, 0.6) is 0 Å². The Labute approximate surface area is 205 Å². The first-order valence-electron chi connectivity index (χ1n) is 12.7. The van der Waals surface area contributed by atoms with Gasteiger partial charge in [-0.25, -0.2) is 0 Å². The SMILES string of the molecule is CC(C)CC[C@H](c1ccc(C2CC2)nc1)N1CC[C@@H](CC(=O)[O-])C[C@H]1c1ccc(C(F)(F)F)cc1. The van der Waals surface area contributed by atoms with Crippen molar-refractivity contribution in [2.75, 3.05) is 6.54 Å². The molecule has 0 radical (unpaired) electrons. The zero-order chi connectivity index (χ0) is 25.2. The predicted molar refractivity (Wildman–Crippen MR) is 126 cm³/mol. The van der Waals surface area contributed by atoms with Gasteiger partial charge in [-0.3, -0.25) is 9.88 Å². The number of pyridine rings is 1. The first kappa shape index (κ1) is 25.7. The normalized spacial score (nSPS) is 22.3. The number of carbonyl (C=O) groups is 1.